The topological polar surface area (TPSA) is 153 Å². The highest BCUT2D eigenvalue weighted by Gasteiger charge is 2.80. The lowest BCUT2D eigenvalue weighted by Crippen LogP contribution is -2.70. The normalized spacial score (nSPS) is 35.0. The summed E-state index contributed by atoms with van der Waals surface area (Å²) in [5, 5.41) is 11.8. The summed E-state index contributed by atoms with van der Waals surface area (Å²) in [7, 11) is 0. The monoisotopic (exact) mass is 742 g/mol. The average Bonchev–Trinajstić information content (AvgIpc) is 3.51. The largest absolute Gasteiger partial charge is 0.514 e. The third-order valence-corrected chi connectivity index (χ3v) is 12.2. The van der Waals surface area contributed by atoms with Crippen molar-refractivity contribution in [1.82, 2.24) is 0 Å². The Labute approximate surface area is 309 Å². The molecule has 0 aromatic heterocycles. The van der Waals surface area contributed by atoms with Gasteiger partial charge in [-0.3, -0.25) is 9.59 Å². The Hall–Kier alpha value is -3.49. The molecule has 0 bridgehead atoms. The van der Waals surface area contributed by atoms with Crippen LogP contribution in [0.5, 0.6) is 5.75 Å². The second-order valence-electron chi connectivity index (χ2n) is 15.7. The number of alkyl halides is 1. The number of carbonyl (C=O) groups excluding carboxylic acids is 4. The fraction of sp³-hybridized carbons (Fsp3) is 0.650. The number of aryl methyl sites for hydroxylation is 1. The molecule has 1 N–H and O–H groups in total. The van der Waals surface area contributed by atoms with Crippen LogP contribution in [-0.2, 0) is 38.0 Å². The Morgan fingerprint density at radius 1 is 1.00 bits per heavy atom. The number of hydrogen-bond acceptors (Lipinski definition) is 12. The van der Waals surface area contributed by atoms with Crippen LogP contribution in [0, 0.1) is 29.6 Å². The fourth-order valence-electron chi connectivity index (χ4n) is 9.79. The third-order valence-electron chi connectivity index (χ3n) is 12.2. The van der Waals surface area contributed by atoms with E-state index in [0.29, 0.717) is 50.2 Å². The van der Waals surface area contributed by atoms with E-state index < -0.39 is 76.4 Å². The van der Waals surface area contributed by atoms with Gasteiger partial charge in [0.1, 0.15) is 12.4 Å². The van der Waals surface area contributed by atoms with E-state index >= 15 is 4.39 Å². The van der Waals surface area contributed by atoms with E-state index in [4.69, 9.17) is 33.2 Å². The molecule has 290 valence electrons. The first kappa shape index (κ1) is 39.2. The molecule has 1 aromatic carbocycles. The second-order valence-corrected chi connectivity index (χ2v) is 15.7. The van der Waals surface area contributed by atoms with Crippen molar-refractivity contribution in [2.75, 3.05) is 39.6 Å². The number of allylic oxidation sites excluding steroid dienone is 4. The molecular weight excluding hydrogens is 691 g/mol. The highest BCUT2D eigenvalue weighted by molar-refractivity contribution is 6.01. The molecule has 1 saturated heterocycles. The van der Waals surface area contributed by atoms with Crippen molar-refractivity contribution in [3.05, 3.63) is 53.1 Å². The van der Waals surface area contributed by atoms with E-state index in [1.54, 1.807) is 33.8 Å². The van der Waals surface area contributed by atoms with Crippen molar-refractivity contribution in [2.24, 2.45) is 22.7 Å². The van der Waals surface area contributed by atoms with Gasteiger partial charge in [-0.2, -0.15) is 0 Å². The molecule has 0 amide bonds. The summed E-state index contributed by atoms with van der Waals surface area (Å²) in [5.74, 6) is -3.51. The summed E-state index contributed by atoms with van der Waals surface area (Å²) in [6.07, 6.45) is 2.95. The first-order chi connectivity index (χ1) is 25.0. The van der Waals surface area contributed by atoms with Gasteiger partial charge in [-0.05, 0) is 102 Å². The van der Waals surface area contributed by atoms with Crippen LogP contribution in [0.3, 0.4) is 0 Å². The maximum atomic E-state index is 17.7. The number of carbonyl (C=O) groups is 4. The van der Waals surface area contributed by atoms with Crippen LogP contribution in [0.25, 0.3) is 0 Å². The zero-order chi connectivity index (χ0) is 38.4. The molecule has 4 fully saturated rings. The molecule has 13 heteroatoms. The van der Waals surface area contributed by atoms with Gasteiger partial charge in [-0.15, -0.1) is 0 Å². The molecule has 12 nitrogen and oxygen atoms in total. The number of esters is 1. The van der Waals surface area contributed by atoms with E-state index in [1.165, 1.54) is 30.4 Å². The van der Waals surface area contributed by atoms with E-state index in [2.05, 4.69) is 0 Å². The Bertz CT molecular complexity index is 1690. The first-order valence-electron chi connectivity index (χ1n) is 18.5. The zero-order valence-corrected chi connectivity index (χ0v) is 31.4. The molecule has 0 spiro atoms. The van der Waals surface area contributed by atoms with Crippen LogP contribution in [-0.4, -0.2) is 97.7 Å². The quantitative estimate of drug-likeness (QED) is 0.153. The maximum Gasteiger partial charge on any atom is 0.514 e. The van der Waals surface area contributed by atoms with Crippen LogP contribution in [0.15, 0.2) is 42.0 Å². The van der Waals surface area contributed by atoms with Crippen LogP contribution >= 0.6 is 0 Å². The minimum atomic E-state index is -2.10. The van der Waals surface area contributed by atoms with Gasteiger partial charge >= 0.3 is 12.1 Å². The molecule has 3 saturated carbocycles. The lowest BCUT2D eigenvalue weighted by molar-refractivity contribution is -0.246. The standard InChI is InChI=1S/C40H51FO12/c1-7-14-47-15-16-48-17-18-49-34(45)25-8-11-30(24(2)19-25)51-35(46)50-23-32(44)40-33(52-36(3,4)53-40)21-29-28-10-9-26-20-27(42)12-13-37(26,5)39(28,41)31(43)22-38(29,40)6/h8,11-13,19-20,28-29,31,33,43H,7,9-10,14-18,21-23H2,1-6H3/t28?,29?,31-,33+,37-,38-,39-,40+/m0/s1. The van der Waals surface area contributed by atoms with Gasteiger partial charge in [-0.25, -0.2) is 14.0 Å². The van der Waals surface area contributed by atoms with E-state index in [0.717, 1.165) is 6.42 Å². The average molecular weight is 743 g/mol. The van der Waals surface area contributed by atoms with Crippen molar-refractivity contribution >= 4 is 23.7 Å². The van der Waals surface area contributed by atoms with Gasteiger partial charge in [0.05, 0.1) is 37.6 Å². The number of aliphatic hydroxyl groups is 1. The highest BCUT2D eigenvalue weighted by atomic mass is 19.1. The number of ether oxygens (including phenoxy) is 7. The lowest BCUT2D eigenvalue weighted by Gasteiger charge is -2.62. The SMILES string of the molecule is CCCOCCOCCOC(=O)c1ccc(OC(=O)OCC(=O)[C@@]23OC(C)(C)O[C@@H]2CC2C4CCC5=CC(=O)C=C[C@]5(C)[C@@]4(F)[C@@H](O)C[C@@]23C)c(C)c1. The molecule has 0 radical (unpaired) electrons. The summed E-state index contributed by atoms with van der Waals surface area (Å²) in [4.78, 5) is 52.0. The predicted octanol–water partition coefficient (Wildman–Crippen LogP) is 5.55. The van der Waals surface area contributed by atoms with Gasteiger partial charge in [0.2, 0.25) is 5.78 Å². The fourth-order valence-corrected chi connectivity index (χ4v) is 9.79. The minimum Gasteiger partial charge on any atom is -0.460 e. The van der Waals surface area contributed by atoms with Crippen molar-refractivity contribution in [2.45, 2.75) is 103 Å². The van der Waals surface area contributed by atoms with Gasteiger partial charge < -0.3 is 38.3 Å². The second kappa shape index (κ2) is 14.6. The Kier molecular flexibility index (Phi) is 10.8. The Morgan fingerprint density at radius 2 is 1.72 bits per heavy atom. The number of aliphatic hydroxyl groups excluding tert-OH is 1. The molecule has 5 aliphatic rings. The Morgan fingerprint density at radius 3 is 2.43 bits per heavy atom. The predicted molar refractivity (Wildman–Crippen MR) is 187 cm³/mol. The van der Waals surface area contributed by atoms with Crippen molar-refractivity contribution < 1.29 is 61.8 Å². The number of halogens is 1. The number of ketones is 2. The number of fused-ring (bicyclic) bond motifs is 7. The molecule has 2 unspecified atom stereocenters. The summed E-state index contributed by atoms with van der Waals surface area (Å²) in [5.41, 5.74) is -4.66. The number of hydrogen-bond donors (Lipinski definition) is 1. The van der Waals surface area contributed by atoms with Crippen molar-refractivity contribution in [3.8, 4) is 5.75 Å². The van der Waals surface area contributed by atoms with Crippen LogP contribution in [0.4, 0.5) is 9.18 Å². The van der Waals surface area contributed by atoms with Crippen molar-refractivity contribution in [1.29, 1.82) is 0 Å². The summed E-state index contributed by atoms with van der Waals surface area (Å²) in [6, 6.07) is 4.39. The molecule has 53 heavy (non-hydrogen) atoms. The summed E-state index contributed by atoms with van der Waals surface area (Å²) >= 11 is 0. The molecule has 1 aromatic rings. The van der Waals surface area contributed by atoms with E-state index in [9.17, 15) is 24.3 Å². The summed E-state index contributed by atoms with van der Waals surface area (Å²) in [6.45, 7) is 11.7. The molecule has 1 heterocycles. The number of rotatable bonds is 13. The molecule has 4 aliphatic carbocycles. The van der Waals surface area contributed by atoms with Crippen LogP contribution < -0.4 is 4.74 Å². The van der Waals surface area contributed by atoms with Gasteiger partial charge in [0.15, 0.2) is 29.4 Å². The molecule has 6 rings (SSSR count). The van der Waals surface area contributed by atoms with Gasteiger partial charge in [0, 0.05) is 23.4 Å². The molecule has 1 aliphatic heterocycles. The van der Waals surface area contributed by atoms with Crippen LogP contribution in [0.1, 0.15) is 82.6 Å². The Balaban J connectivity index is 1.11. The van der Waals surface area contributed by atoms with Gasteiger partial charge in [-0.1, -0.05) is 25.5 Å². The number of benzene rings is 1. The lowest BCUT2D eigenvalue weighted by atomic mass is 9.44. The van der Waals surface area contributed by atoms with E-state index in [-0.39, 0.29) is 36.7 Å². The molecular formula is C40H51FO12. The van der Waals surface area contributed by atoms with Gasteiger partial charge in [0.25, 0.3) is 0 Å². The van der Waals surface area contributed by atoms with Crippen LogP contribution in [0.2, 0.25) is 0 Å². The molecule has 8 atom stereocenters. The zero-order valence-electron chi connectivity index (χ0n) is 31.4. The summed E-state index contributed by atoms with van der Waals surface area (Å²) < 4.78 is 57.2. The third kappa shape index (κ3) is 6.66. The first-order valence-corrected chi connectivity index (χ1v) is 18.5. The van der Waals surface area contributed by atoms with E-state index in [1.807, 2.05) is 13.8 Å². The minimum absolute atomic E-state index is 0.0593. The van der Waals surface area contributed by atoms with Crippen molar-refractivity contribution in [3.63, 3.8) is 0 Å². The number of Topliss-reactive ketones (excluding diaryl/α,β-unsaturated/α-hetero) is 1. The maximum absolute atomic E-state index is 17.7. The highest BCUT2D eigenvalue weighted by Crippen LogP contribution is 2.72. The smallest absolute Gasteiger partial charge is 0.460 e.